The van der Waals surface area contributed by atoms with Gasteiger partial charge in [-0.2, -0.15) is 0 Å². The number of hydrogen-bond acceptors (Lipinski definition) is 2. The highest BCUT2D eigenvalue weighted by Gasteiger charge is 2.11. The Labute approximate surface area is 206 Å². The fourth-order valence-corrected chi connectivity index (χ4v) is 4.46. The van der Waals surface area contributed by atoms with E-state index in [1.54, 1.807) is 0 Å². The Morgan fingerprint density at radius 1 is 0.686 bits per heavy atom. The molecule has 35 heavy (non-hydrogen) atoms. The SMILES string of the molecule is O=C(Cc1ccc(-c2ccccc2)cc1)NCCc1nc2ccccc2n1CCc1ccccc1. The van der Waals surface area contributed by atoms with E-state index in [0.717, 1.165) is 41.0 Å². The van der Waals surface area contributed by atoms with Crippen molar-refractivity contribution in [2.24, 2.45) is 0 Å². The van der Waals surface area contributed by atoms with Gasteiger partial charge in [0.2, 0.25) is 5.91 Å². The van der Waals surface area contributed by atoms with Gasteiger partial charge in [-0.05, 0) is 40.8 Å². The van der Waals surface area contributed by atoms with Crippen molar-refractivity contribution in [3.8, 4) is 11.1 Å². The Bertz CT molecular complexity index is 1390. The molecule has 0 fully saturated rings. The molecule has 1 heterocycles. The number of nitrogens with one attached hydrogen (secondary N) is 1. The van der Waals surface area contributed by atoms with Crippen molar-refractivity contribution in [1.82, 2.24) is 14.9 Å². The Morgan fingerprint density at radius 2 is 1.34 bits per heavy atom. The minimum absolute atomic E-state index is 0.0319. The molecule has 4 nitrogen and oxygen atoms in total. The molecule has 5 rings (SSSR count). The molecule has 0 saturated heterocycles. The van der Waals surface area contributed by atoms with Crippen molar-refractivity contribution in [2.45, 2.75) is 25.8 Å². The lowest BCUT2D eigenvalue weighted by molar-refractivity contribution is -0.120. The molecule has 0 aliphatic heterocycles. The summed E-state index contributed by atoms with van der Waals surface area (Å²) in [6.07, 6.45) is 2.02. The van der Waals surface area contributed by atoms with Gasteiger partial charge in [-0.3, -0.25) is 4.79 Å². The molecule has 1 amide bonds. The van der Waals surface area contributed by atoms with Crippen LogP contribution in [-0.2, 0) is 30.6 Å². The number of carbonyl (C=O) groups excluding carboxylic acids is 1. The third kappa shape index (κ3) is 5.67. The maximum atomic E-state index is 12.6. The molecule has 0 saturated carbocycles. The fraction of sp³-hybridized carbons (Fsp3) is 0.161. The second-order valence-electron chi connectivity index (χ2n) is 8.74. The predicted octanol–water partition coefficient (Wildman–Crippen LogP) is 5.85. The molecule has 0 aliphatic rings. The van der Waals surface area contributed by atoms with E-state index in [4.69, 9.17) is 4.98 Å². The van der Waals surface area contributed by atoms with Gasteiger partial charge in [-0.1, -0.05) is 97.1 Å². The molecule has 1 aromatic heterocycles. The molecule has 4 heteroatoms. The number of aryl methyl sites for hydroxylation is 2. The highest BCUT2D eigenvalue weighted by molar-refractivity contribution is 5.79. The molecule has 174 valence electrons. The van der Waals surface area contributed by atoms with E-state index in [0.29, 0.717) is 19.4 Å². The van der Waals surface area contributed by atoms with Gasteiger partial charge in [0.1, 0.15) is 5.82 Å². The van der Waals surface area contributed by atoms with E-state index in [1.165, 1.54) is 11.1 Å². The Hall–Kier alpha value is -4.18. The van der Waals surface area contributed by atoms with E-state index < -0.39 is 0 Å². The monoisotopic (exact) mass is 459 g/mol. The van der Waals surface area contributed by atoms with Crippen LogP contribution >= 0.6 is 0 Å². The van der Waals surface area contributed by atoms with Crippen LogP contribution in [0.25, 0.3) is 22.2 Å². The van der Waals surface area contributed by atoms with Crippen molar-refractivity contribution in [3.63, 3.8) is 0 Å². The van der Waals surface area contributed by atoms with Crippen LogP contribution in [0.1, 0.15) is 17.0 Å². The highest BCUT2D eigenvalue weighted by atomic mass is 16.1. The first-order valence-electron chi connectivity index (χ1n) is 12.2. The number of imidazole rings is 1. The van der Waals surface area contributed by atoms with Crippen molar-refractivity contribution in [1.29, 1.82) is 0 Å². The standard InChI is InChI=1S/C31H29N3O/c35-31(23-25-15-17-27(18-16-25)26-11-5-2-6-12-26)32-21-19-30-33-28-13-7-8-14-29(28)34(30)22-20-24-9-3-1-4-10-24/h1-18H,19-23H2,(H,32,35). The summed E-state index contributed by atoms with van der Waals surface area (Å²) in [5.41, 5.74) is 6.80. The predicted molar refractivity (Wildman–Crippen MR) is 142 cm³/mol. The van der Waals surface area contributed by atoms with Gasteiger partial charge in [-0.25, -0.2) is 4.98 Å². The first-order valence-corrected chi connectivity index (χ1v) is 12.2. The van der Waals surface area contributed by atoms with Crippen LogP contribution in [-0.4, -0.2) is 22.0 Å². The maximum Gasteiger partial charge on any atom is 0.224 e. The van der Waals surface area contributed by atoms with Crippen LogP contribution in [0.2, 0.25) is 0 Å². The highest BCUT2D eigenvalue weighted by Crippen LogP contribution is 2.20. The zero-order chi connectivity index (χ0) is 23.9. The van der Waals surface area contributed by atoms with Gasteiger partial charge in [0.05, 0.1) is 17.5 Å². The number of benzene rings is 4. The smallest absolute Gasteiger partial charge is 0.224 e. The van der Waals surface area contributed by atoms with Crippen molar-refractivity contribution < 1.29 is 4.79 Å². The van der Waals surface area contributed by atoms with Crippen LogP contribution in [0.5, 0.6) is 0 Å². The lowest BCUT2D eigenvalue weighted by Gasteiger charge is -2.10. The van der Waals surface area contributed by atoms with Crippen molar-refractivity contribution >= 4 is 16.9 Å². The van der Waals surface area contributed by atoms with E-state index in [2.05, 4.69) is 76.6 Å². The second kappa shape index (κ2) is 10.8. The second-order valence-corrected chi connectivity index (χ2v) is 8.74. The zero-order valence-corrected chi connectivity index (χ0v) is 19.7. The molecule has 0 aliphatic carbocycles. The lowest BCUT2D eigenvalue weighted by Crippen LogP contribution is -2.28. The largest absolute Gasteiger partial charge is 0.355 e. The number of aromatic nitrogens is 2. The van der Waals surface area contributed by atoms with Crippen LogP contribution in [0.3, 0.4) is 0 Å². The minimum atomic E-state index is 0.0319. The van der Waals surface area contributed by atoms with Crippen LogP contribution in [0.4, 0.5) is 0 Å². The summed E-state index contributed by atoms with van der Waals surface area (Å²) in [5.74, 6) is 1.04. The number of rotatable bonds is 9. The molecule has 0 spiro atoms. The zero-order valence-electron chi connectivity index (χ0n) is 19.7. The van der Waals surface area contributed by atoms with Gasteiger partial charge in [0.15, 0.2) is 0 Å². The van der Waals surface area contributed by atoms with Crippen molar-refractivity contribution in [3.05, 3.63) is 126 Å². The number of carbonyl (C=O) groups is 1. The van der Waals surface area contributed by atoms with E-state index in [-0.39, 0.29) is 5.91 Å². The van der Waals surface area contributed by atoms with E-state index in [1.807, 2.05) is 42.5 Å². The number of nitrogens with zero attached hydrogens (tertiary/aromatic N) is 2. The molecule has 0 bridgehead atoms. The summed E-state index contributed by atoms with van der Waals surface area (Å²) >= 11 is 0. The van der Waals surface area contributed by atoms with Crippen LogP contribution in [0, 0.1) is 0 Å². The van der Waals surface area contributed by atoms with E-state index >= 15 is 0 Å². The van der Waals surface area contributed by atoms with Gasteiger partial charge < -0.3 is 9.88 Å². The molecular weight excluding hydrogens is 430 g/mol. The Morgan fingerprint density at radius 3 is 2.11 bits per heavy atom. The Balaban J connectivity index is 1.19. The third-order valence-electron chi connectivity index (χ3n) is 6.30. The first-order chi connectivity index (χ1) is 17.3. The summed E-state index contributed by atoms with van der Waals surface area (Å²) in [6.45, 7) is 1.43. The quantitative estimate of drug-likeness (QED) is 0.301. The number of amides is 1. The Kier molecular flexibility index (Phi) is 7.00. The van der Waals surface area contributed by atoms with Gasteiger partial charge in [-0.15, -0.1) is 0 Å². The summed E-state index contributed by atoms with van der Waals surface area (Å²) in [5, 5.41) is 3.08. The topological polar surface area (TPSA) is 46.9 Å². The van der Waals surface area contributed by atoms with Crippen molar-refractivity contribution in [2.75, 3.05) is 6.54 Å². The normalized spacial score (nSPS) is 11.0. The molecule has 1 N–H and O–H groups in total. The van der Waals surface area contributed by atoms with Crippen LogP contribution < -0.4 is 5.32 Å². The summed E-state index contributed by atoms with van der Waals surface area (Å²) in [4.78, 5) is 17.4. The number of fused-ring (bicyclic) bond motifs is 1. The average molecular weight is 460 g/mol. The van der Waals surface area contributed by atoms with E-state index in [9.17, 15) is 4.79 Å². The molecule has 0 atom stereocenters. The molecule has 0 unspecified atom stereocenters. The number of hydrogen-bond donors (Lipinski definition) is 1. The molecule has 4 aromatic carbocycles. The summed E-state index contributed by atoms with van der Waals surface area (Å²) < 4.78 is 2.29. The van der Waals surface area contributed by atoms with Gasteiger partial charge in [0, 0.05) is 19.5 Å². The summed E-state index contributed by atoms with van der Waals surface area (Å²) in [7, 11) is 0. The summed E-state index contributed by atoms with van der Waals surface area (Å²) in [6, 6.07) is 37.2. The molecule has 5 aromatic rings. The fourth-order valence-electron chi connectivity index (χ4n) is 4.46. The average Bonchev–Trinajstić information content (AvgIpc) is 3.26. The number of para-hydroxylation sites is 2. The molecular formula is C31H29N3O. The molecule has 0 radical (unpaired) electrons. The van der Waals surface area contributed by atoms with Crippen LogP contribution in [0.15, 0.2) is 109 Å². The van der Waals surface area contributed by atoms with Gasteiger partial charge >= 0.3 is 0 Å². The minimum Gasteiger partial charge on any atom is -0.355 e. The van der Waals surface area contributed by atoms with Gasteiger partial charge in [0.25, 0.3) is 0 Å². The maximum absolute atomic E-state index is 12.6. The first kappa shape index (κ1) is 22.6. The third-order valence-corrected chi connectivity index (χ3v) is 6.30. The lowest BCUT2D eigenvalue weighted by atomic mass is 10.0.